The van der Waals surface area contributed by atoms with Crippen LogP contribution in [0.1, 0.15) is 6.92 Å². The Balaban J connectivity index is 2.09. The Kier molecular flexibility index (Phi) is 3.46. The number of hydrogen-bond acceptors (Lipinski definition) is 4. The quantitative estimate of drug-likeness (QED) is 0.860. The van der Waals surface area contributed by atoms with Crippen LogP contribution in [-0.2, 0) is 4.74 Å². The normalized spacial score (nSPS) is 18.7. The fraction of sp³-hybridized carbons (Fsp3) is 0.417. The molecule has 1 aromatic rings. The van der Waals surface area contributed by atoms with Gasteiger partial charge in [0.05, 0.1) is 5.69 Å². The Labute approximate surface area is 99.9 Å². The van der Waals surface area contributed by atoms with E-state index in [1.807, 2.05) is 17.9 Å². The summed E-state index contributed by atoms with van der Waals surface area (Å²) < 4.78 is 18.7. The van der Waals surface area contributed by atoms with Crippen molar-refractivity contribution in [3.8, 4) is 0 Å². The van der Waals surface area contributed by atoms with Crippen LogP contribution in [-0.4, -0.2) is 31.8 Å². The number of nitrogens with two attached hydrogens (primary N) is 1. The molecule has 1 aromatic carbocycles. The number of rotatable bonds is 4. The van der Waals surface area contributed by atoms with E-state index >= 15 is 0 Å². The molecule has 0 aliphatic carbocycles. The minimum atomic E-state index is -0.217. The number of hydrogen-bond donors (Lipinski definition) is 1. The molecule has 2 N–H and O–H groups in total. The van der Waals surface area contributed by atoms with E-state index in [1.165, 1.54) is 6.07 Å². The summed E-state index contributed by atoms with van der Waals surface area (Å²) in [5, 5.41) is 0. The molecular formula is C12H16FN3O. The Morgan fingerprint density at radius 2 is 2.29 bits per heavy atom. The lowest BCUT2D eigenvalue weighted by Crippen LogP contribution is -2.32. The maximum Gasteiger partial charge on any atom is 0.282 e. The molecule has 0 radical (unpaired) electrons. The third-order valence-corrected chi connectivity index (χ3v) is 2.74. The van der Waals surface area contributed by atoms with Crippen LogP contribution in [0.4, 0.5) is 10.1 Å². The lowest BCUT2D eigenvalue weighted by Gasteiger charge is -2.24. The van der Waals surface area contributed by atoms with E-state index in [1.54, 1.807) is 12.1 Å². The molecule has 17 heavy (non-hydrogen) atoms. The lowest BCUT2D eigenvalue weighted by atomic mass is 10.2. The minimum Gasteiger partial charge on any atom is -0.463 e. The highest BCUT2D eigenvalue weighted by Crippen LogP contribution is 2.19. The Bertz CT molecular complexity index is 422. The van der Waals surface area contributed by atoms with E-state index < -0.39 is 0 Å². The third kappa shape index (κ3) is 2.67. The Morgan fingerprint density at radius 3 is 2.88 bits per heavy atom. The van der Waals surface area contributed by atoms with Gasteiger partial charge in [0.25, 0.3) is 6.02 Å². The van der Waals surface area contributed by atoms with E-state index in [-0.39, 0.29) is 17.9 Å². The zero-order valence-corrected chi connectivity index (χ0v) is 9.77. The highest BCUT2D eigenvalue weighted by atomic mass is 19.1. The summed E-state index contributed by atoms with van der Waals surface area (Å²) in [6.45, 7) is 3.77. The molecule has 0 fully saturated rings. The largest absolute Gasteiger partial charge is 0.463 e. The van der Waals surface area contributed by atoms with Crippen LogP contribution in [0.3, 0.4) is 0 Å². The van der Waals surface area contributed by atoms with E-state index in [9.17, 15) is 4.39 Å². The molecule has 1 aliphatic rings. The van der Waals surface area contributed by atoms with E-state index in [2.05, 4.69) is 4.99 Å². The van der Waals surface area contributed by atoms with Gasteiger partial charge < -0.3 is 15.4 Å². The molecule has 4 nitrogen and oxygen atoms in total. The second-order valence-corrected chi connectivity index (χ2v) is 3.92. The van der Waals surface area contributed by atoms with Crippen molar-refractivity contribution in [1.29, 1.82) is 0 Å². The van der Waals surface area contributed by atoms with Gasteiger partial charge in [-0.2, -0.15) is 0 Å². The summed E-state index contributed by atoms with van der Waals surface area (Å²) in [7, 11) is 0. The predicted octanol–water partition coefficient (Wildman–Crippen LogP) is 1.37. The number of benzene rings is 1. The fourth-order valence-electron chi connectivity index (χ4n) is 1.89. The molecule has 1 aliphatic heterocycles. The van der Waals surface area contributed by atoms with Crippen molar-refractivity contribution < 1.29 is 9.13 Å². The summed E-state index contributed by atoms with van der Waals surface area (Å²) in [5.41, 5.74) is 6.04. The third-order valence-electron chi connectivity index (χ3n) is 2.74. The van der Waals surface area contributed by atoms with Gasteiger partial charge in [-0.05, 0) is 19.1 Å². The molecule has 0 bridgehead atoms. The van der Waals surface area contributed by atoms with Crippen molar-refractivity contribution in [3.05, 3.63) is 30.1 Å². The fourth-order valence-corrected chi connectivity index (χ4v) is 1.89. The van der Waals surface area contributed by atoms with Gasteiger partial charge in [0.1, 0.15) is 18.5 Å². The van der Waals surface area contributed by atoms with Gasteiger partial charge in [-0.15, -0.1) is 0 Å². The smallest absolute Gasteiger partial charge is 0.282 e. The number of amidine groups is 1. The molecule has 0 spiro atoms. The van der Waals surface area contributed by atoms with Crippen molar-refractivity contribution in [2.75, 3.05) is 24.6 Å². The number of halogens is 1. The number of anilines is 1. The molecule has 0 amide bonds. The highest BCUT2D eigenvalue weighted by molar-refractivity contribution is 5.73. The molecular weight excluding hydrogens is 221 g/mol. The maximum absolute atomic E-state index is 13.6. The number of ether oxygens (including phenoxy) is 1. The summed E-state index contributed by atoms with van der Waals surface area (Å²) in [5.74, 6) is -0.217. The van der Waals surface area contributed by atoms with Gasteiger partial charge in [0.15, 0.2) is 0 Å². The summed E-state index contributed by atoms with van der Waals surface area (Å²) >= 11 is 0. The van der Waals surface area contributed by atoms with Crippen molar-refractivity contribution in [3.63, 3.8) is 0 Å². The average molecular weight is 237 g/mol. The van der Waals surface area contributed by atoms with Gasteiger partial charge in [0, 0.05) is 13.1 Å². The zero-order chi connectivity index (χ0) is 12.3. The molecule has 1 atom stereocenters. The van der Waals surface area contributed by atoms with Crippen LogP contribution >= 0.6 is 0 Å². The van der Waals surface area contributed by atoms with Crippen LogP contribution in [0.2, 0.25) is 0 Å². The number of para-hydroxylation sites is 1. The standard InChI is InChI=1S/C12H16FN3O/c1-2-16(7-9-8-17-12(14)15-9)11-6-4-3-5-10(11)13/h3-6,9H,2,7-8H2,1H3,(H2,14,15)/t9-/m0/s1. The van der Waals surface area contributed by atoms with Gasteiger partial charge in [0.2, 0.25) is 0 Å². The van der Waals surface area contributed by atoms with Crippen molar-refractivity contribution in [1.82, 2.24) is 0 Å². The van der Waals surface area contributed by atoms with Crippen LogP contribution in [0, 0.1) is 5.82 Å². The summed E-state index contributed by atoms with van der Waals surface area (Å²) in [4.78, 5) is 6.08. The second-order valence-electron chi connectivity index (χ2n) is 3.92. The maximum atomic E-state index is 13.6. The van der Waals surface area contributed by atoms with Crippen LogP contribution < -0.4 is 10.6 Å². The first-order valence-corrected chi connectivity index (χ1v) is 5.66. The van der Waals surface area contributed by atoms with E-state index in [4.69, 9.17) is 10.5 Å². The molecule has 0 saturated carbocycles. The Hall–Kier alpha value is -1.78. The van der Waals surface area contributed by atoms with Gasteiger partial charge in [-0.3, -0.25) is 0 Å². The number of likely N-dealkylation sites (N-methyl/N-ethyl adjacent to an activating group) is 1. The molecule has 0 saturated heterocycles. The number of nitrogens with zero attached hydrogens (tertiary/aromatic N) is 2. The van der Waals surface area contributed by atoms with Crippen LogP contribution in [0.25, 0.3) is 0 Å². The van der Waals surface area contributed by atoms with Crippen molar-refractivity contribution in [2.45, 2.75) is 13.0 Å². The minimum absolute atomic E-state index is 0.0189. The first kappa shape index (κ1) is 11.7. The first-order valence-electron chi connectivity index (χ1n) is 5.66. The first-order chi connectivity index (χ1) is 8.20. The SMILES string of the molecule is CCN(C[C@H]1COC(N)=N1)c1ccccc1F. The highest BCUT2D eigenvalue weighted by Gasteiger charge is 2.20. The monoisotopic (exact) mass is 237 g/mol. The summed E-state index contributed by atoms with van der Waals surface area (Å²) in [6.07, 6.45) is 0. The second kappa shape index (κ2) is 5.03. The molecule has 5 heteroatoms. The van der Waals surface area contributed by atoms with Crippen molar-refractivity contribution >= 4 is 11.7 Å². The topological polar surface area (TPSA) is 50.9 Å². The zero-order valence-electron chi connectivity index (χ0n) is 9.77. The Morgan fingerprint density at radius 1 is 1.53 bits per heavy atom. The van der Waals surface area contributed by atoms with Crippen LogP contribution in [0.15, 0.2) is 29.3 Å². The molecule has 1 heterocycles. The van der Waals surface area contributed by atoms with Gasteiger partial charge in [-0.25, -0.2) is 9.38 Å². The molecule has 0 unspecified atom stereocenters. The summed E-state index contributed by atoms with van der Waals surface area (Å²) in [6, 6.07) is 6.93. The lowest BCUT2D eigenvalue weighted by molar-refractivity contribution is 0.313. The van der Waals surface area contributed by atoms with E-state index in [0.29, 0.717) is 25.4 Å². The average Bonchev–Trinajstić information content (AvgIpc) is 2.73. The van der Waals surface area contributed by atoms with Crippen LogP contribution in [0.5, 0.6) is 0 Å². The molecule has 92 valence electrons. The van der Waals surface area contributed by atoms with Crippen molar-refractivity contribution in [2.24, 2.45) is 10.7 Å². The van der Waals surface area contributed by atoms with Gasteiger partial charge >= 0.3 is 0 Å². The number of aliphatic imine (C=N–C) groups is 1. The predicted molar refractivity (Wildman–Crippen MR) is 65.6 cm³/mol. The molecule has 0 aromatic heterocycles. The molecule has 2 rings (SSSR count). The van der Waals surface area contributed by atoms with Gasteiger partial charge in [-0.1, -0.05) is 12.1 Å². The van der Waals surface area contributed by atoms with E-state index in [0.717, 1.165) is 0 Å².